The molecule has 0 unspecified atom stereocenters. The Kier molecular flexibility index (Phi) is 7.58. The van der Waals surface area contributed by atoms with Gasteiger partial charge in [-0.25, -0.2) is 22.5 Å². The molecule has 0 saturated carbocycles. The summed E-state index contributed by atoms with van der Waals surface area (Å²) >= 11 is 0. The first-order valence-corrected chi connectivity index (χ1v) is 13.8. The van der Waals surface area contributed by atoms with Crippen LogP contribution < -0.4 is 0 Å². The predicted molar refractivity (Wildman–Crippen MR) is 87.7 cm³/mol. The van der Waals surface area contributed by atoms with E-state index in [9.17, 15) is 0 Å². The standard InChI is InChI=1S/2C8H13Si.Co/c2*1-9(2,3)8-6-4-5-7-8;/h2*4,6H,5H2,1-3H3;/q2*-1;+2. The molecule has 0 saturated heterocycles. The maximum atomic E-state index is 3.36. The van der Waals surface area contributed by atoms with E-state index in [1.807, 2.05) is 0 Å². The number of rotatable bonds is 2. The number of hydrogen-bond donors (Lipinski definition) is 0. The van der Waals surface area contributed by atoms with Crippen LogP contribution in [0.2, 0.25) is 39.3 Å². The molecule has 0 nitrogen and oxygen atoms in total. The zero-order valence-electron chi connectivity index (χ0n) is 13.1. The second-order valence-electron chi connectivity index (χ2n) is 6.89. The third-order valence-corrected chi connectivity index (χ3v) is 6.92. The first-order valence-electron chi connectivity index (χ1n) is 6.77. The minimum Gasteiger partial charge on any atom is -0.274 e. The molecule has 2 rings (SSSR count). The van der Waals surface area contributed by atoms with Crippen LogP contribution in [-0.2, 0) is 16.8 Å². The van der Waals surface area contributed by atoms with Crippen molar-refractivity contribution in [1.82, 2.24) is 0 Å². The van der Waals surface area contributed by atoms with Crippen molar-refractivity contribution in [3.05, 3.63) is 46.8 Å². The summed E-state index contributed by atoms with van der Waals surface area (Å²) < 4.78 is 0. The normalized spacial score (nSPS) is 17.4. The Balaban J connectivity index is 0.000000324. The van der Waals surface area contributed by atoms with Crippen molar-refractivity contribution < 1.29 is 16.8 Å². The van der Waals surface area contributed by atoms with E-state index in [4.69, 9.17) is 0 Å². The van der Waals surface area contributed by atoms with Gasteiger partial charge in [0.1, 0.15) is 0 Å². The quantitative estimate of drug-likeness (QED) is 0.487. The minimum atomic E-state index is -1.01. The molecule has 3 heteroatoms. The van der Waals surface area contributed by atoms with Gasteiger partial charge in [0.15, 0.2) is 0 Å². The van der Waals surface area contributed by atoms with E-state index in [1.54, 1.807) is 0 Å². The van der Waals surface area contributed by atoms with Gasteiger partial charge in [0.2, 0.25) is 0 Å². The van der Waals surface area contributed by atoms with Gasteiger partial charge in [0, 0.05) is 16.1 Å². The summed E-state index contributed by atoms with van der Waals surface area (Å²) in [6, 6.07) is 0. The molecule has 19 heavy (non-hydrogen) atoms. The van der Waals surface area contributed by atoms with Gasteiger partial charge in [0.05, 0.1) is 0 Å². The van der Waals surface area contributed by atoms with Gasteiger partial charge in [-0.05, 0) is 0 Å². The van der Waals surface area contributed by atoms with Crippen LogP contribution in [0.25, 0.3) is 0 Å². The summed E-state index contributed by atoms with van der Waals surface area (Å²) in [5.74, 6) is 0. The van der Waals surface area contributed by atoms with Crippen molar-refractivity contribution in [3.63, 3.8) is 0 Å². The molecule has 0 amide bonds. The van der Waals surface area contributed by atoms with Gasteiger partial charge in [-0.2, -0.15) is 12.2 Å². The first kappa shape index (κ1) is 18.9. The molecule has 107 valence electrons. The van der Waals surface area contributed by atoms with E-state index in [0.29, 0.717) is 0 Å². The summed E-state index contributed by atoms with van der Waals surface area (Å²) in [6.07, 6.45) is 17.6. The van der Waals surface area contributed by atoms with Crippen molar-refractivity contribution >= 4 is 16.1 Å². The summed E-state index contributed by atoms with van der Waals surface area (Å²) in [5, 5.41) is 2.98. The van der Waals surface area contributed by atoms with Crippen LogP contribution >= 0.6 is 0 Å². The van der Waals surface area contributed by atoms with Crippen LogP contribution in [0.4, 0.5) is 0 Å². The molecule has 0 fully saturated rings. The van der Waals surface area contributed by atoms with Crippen LogP contribution in [-0.4, -0.2) is 16.1 Å². The zero-order chi connectivity index (χ0) is 13.8. The molecule has 0 aromatic heterocycles. The maximum Gasteiger partial charge on any atom is 2.00 e. The average Bonchev–Trinajstić information content (AvgIpc) is 2.91. The fourth-order valence-corrected chi connectivity index (χ4v) is 4.34. The Morgan fingerprint density at radius 1 is 0.737 bits per heavy atom. The molecule has 2 aliphatic rings. The molecule has 0 spiro atoms. The zero-order valence-corrected chi connectivity index (χ0v) is 16.1. The molecular weight excluding hydrogens is 307 g/mol. The third-order valence-electron chi connectivity index (χ3n) is 3.01. The average molecular weight is 333 g/mol. The van der Waals surface area contributed by atoms with Crippen molar-refractivity contribution in [1.29, 1.82) is 0 Å². The van der Waals surface area contributed by atoms with Gasteiger partial charge in [-0.3, -0.25) is 12.2 Å². The van der Waals surface area contributed by atoms with Crippen molar-refractivity contribution in [3.8, 4) is 0 Å². The van der Waals surface area contributed by atoms with Gasteiger partial charge in [-0.15, -0.1) is 12.8 Å². The Morgan fingerprint density at radius 2 is 1.05 bits per heavy atom. The van der Waals surface area contributed by atoms with Crippen LogP contribution in [0.15, 0.2) is 34.7 Å². The molecule has 2 aliphatic carbocycles. The Bertz CT molecular complexity index is 361. The molecule has 0 N–H and O–H groups in total. The molecule has 0 aliphatic heterocycles. The van der Waals surface area contributed by atoms with E-state index < -0.39 is 16.1 Å². The second kappa shape index (κ2) is 7.62. The minimum absolute atomic E-state index is 0. The number of hydrogen-bond acceptors (Lipinski definition) is 0. The van der Waals surface area contributed by atoms with Crippen molar-refractivity contribution in [2.75, 3.05) is 0 Å². The van der Waals surface area contributed by atoms with Crippen LogP contribution in [0, 0.1) is 12.2 Å². The predicted octanol–water partition coefficient (Wildman–Crippen LogP) is 5.10. The van der Waals surface area contributed by atoms with E-state index in [1.165, 1.54) is 10.4 Å². The fourth-order valence-electron chi connectivity index (χ4n) is 1.84. The van der Waals surface area contributed by atoms with Gasteiger partial charge in [0.25, 0.3) is 0 Å². The smallest absolute Gasteiger partial charge is 0.274 e. The maximum absolute atomic E-state index is 3.36. The summed E-state index contributed by atoms with van der Waals surface area (Å²) in [5.41, 5.74) is 0. The second-order valence-corrected chi connectivity index (χ2v) is 17.0. The largest absolute Gasteiger partial charge is 2.00 e. The summed E-state index contributed by atoms with van der Waals surface area (Å²) in [7, 11) is -2.01. The molecule has 0 bridgehead atoms. The van der Waals surface area contributed by atoms with E-state index in [2.05, 4.69) is 75.7 Å². The summed E-state index contributed by atoms with van der Waals surface area (Å²) in [6.45, 7) is 14.1. The number of allylic oxidation sites excluding steroid dienone is 8. The van der Waals surface area contributed by atoms with Crippen molar-refractivity contribution in [2.45, 2.75) is 52.1 Å². The summed E-state index contributed by atoms with van der Waals surface area (Å²) in [4.78, 5) is 0. The monoisotopic (exact) mass is 333 g/mol. The Hall–Kier alpha value is -0.0997. The topological polar surface area (TPSA) is 0 Å². The van der Waals surface area contributed by atoms with E-state index >= 15 is 0 Å². The fraction of sp³-hybridized carbons (Fsp3) is 0.500. The SMILES string of the molecule is C[Si](C)(C)C1=[C-]CC=C1.C[Si](C)(C)C1=[C-]CC=C1.[Co+2]. The molecule has 0 aromatic carbocycles. The Labute approximate surface area is 132 Å². The molecule has 1 radical (unpaired) electrons. The molecular formula is C16H26CoSi2. The van der Waals surface area contributed by atoms with Gasteiger partial charge >= 0.3 is 16.8 Å². The Morgan fingerprint density at radius 3 is 1.16 bits per heavy atom. The first-order chi connectivity index (χ1) is 8.21. The van der Waals surface area contributed by atoms with E-state index in [-0.39, 0.29) is 16.8 Å². The molecule has 0 atom stereocenters. The van der Waals surface area contributed by atoms with E-state index in [0.717, 1.165) is 12.8 Å². The van der Waals surface area contributed by atoms with Crippen molar-refractivity contribution in [2.24, 2.45) is 0 Å². The van der Waals surface area contributed by atoms with Gasteiger partial charge < -0.3 is 0 Å². The van der Waals surface area contributed by atoms with Crippen LogP contribution in [0.1, 0.15) is 12.8 Å². The molecule has 0 heterocycles. The van der Waals surface area contributed by atoms with Gasteiger partial charge in [-0.1, -0.05) is 39.3 Å². The molecule has 0 aromatic rings. The third kappa shape index (κ3) is 6.75. The van der Waals surface area contributed by atoms with Crippen LogP contribution in [0.5, 0.6) is 0 Å². The van der Waals surface area contributed by atoms with Crippen LogP contribution in [0.3, 0.4) is 0 Å².